The van der Waals surface area contributed by atoms with Crippen LogP contribution in [0.5, 0.6) is 5.75 Å². The maximum atomic E-state index is 12.4. The Morgan fingerprint density at radius 3 is 2.83 bits per heavy atom. The number of nitrogens with zero attached hydrogens (tertiary/aromatic N) is 4. The molecule has 150 valence electrons. The highest BCUT2D eigenvalue weighted by Crippen LogP contribution is 2.31. The van der Waals surface area contributed by atoms with Crippen LogP contribution in [0.4, 0.5) is 5.13 Å². The van der Waals surface area contributed by atoms with Crippen LogP contribution in [-0.2, 0) is 16.1 Å². The van der Waals surface area contributed by atoms with Crippen LogP contribution in [0.15, 0.2) is 41.2 Å². The van der Waals surface area contributed by atoms with Gasteiger partial charge >= 0.3 is 0 Å². The molecule has 9 nitrogen and oxygen atoms in total. The van der Waals surface area contributed by atoms with Crippen molar-refractivity contribution in [1.82, 2.24) is 20.0 Å². The third-order valence-electron chi connectivity index (χ3n) is 4.44. The fourth-order valence-corrected chi connectivity index (χ4v) is 3.80. The van der Waals surface area contributed by atoms with Gasteiger partial charge in [0.1, 0.15) is 23.4 Å². The fraction of sp³-hybridized carbons (Fsp3) is 0.316. The molecule has 0 spiro atoms. The monoisotopic (exact) mass is 413 g/mol. The maximum absolute atomic E-state index is 12.4. The van der Waals surface area contributed by atoms with Gasteiger partial charge < -0.3 is 9.47 Å². The van der Waals surface area contributed by atoms with Crippen molar-refractivity contribution in [3.63, 3.8) is 0 Å². The third-order valence-corrected chi connectivity index (χ3v) is 5.37. The fourth-order valence-electron chi connectivity index (χ4n) is 2.96. The lowest BCUT2D eigenvalue weighted by Crippen LogP contribution is -2.29. The average Bonchev–Trinajstić information content (AvgIpc) is 3.41. The Bertz CT molecular complexity index is 1060. The summed E-state index contributed by atoms with van der Waals surface area (Å²) in [6, 6.07) is 10.3. The van der Waals surface area contributed by atoms with Gasteiger partial charge in [-0.2, -0.15) is 5.10 Å². The number of hydrogen-bond acceptors (Lipinski definition) is 8. The van der Waals surface area contributed by atoms with Gasteiger partial charge in [0.05, 0.1) is 12.8 Å². The number of aromatic nitrogens is 4. The van der Waals surface area contributed by atoms with Crippen LogP contribution in [0.1, 0.15) is 24.0 Å². The zero-order valence-corrected chi connectivity index (χ0v) is 16.5. The number of rotatable bonds is 6. The first-order valence-electron chi connectivity index (χ1n) is 9.10. The van der Waals surface area contributed by atoms with E-state index in [1.807, 2.05) is 12.1 Å². The Labute approximate surface area is 170 Å². The predicted molar refractivity (Wildman–Crippen MR) is 107 cm³/mol. The van der Waals surface area contributed by atoms with E-state index in [4.69, 9.17) is 9.47 Å². The molecule has 0 aliphatic carbocycles. The highest BCUT2D eigenvalue weighted by atomic mass is 32.1. The molecule has 10 heteroatoms. The molecule has 1 aliphatic rings. The molecule has 1 fully saturated rings. The summed E-state index contributed by atoms with van der Waals surface area (Å²) >= 11 is 1.28. The number of carbonyl (C=O) groups excluding carboxylic acids is 1. The summed E-state index contributed by atoms with van der Waals surface area (Å²) in [5, 5.41) is 16.1. The van der Waals surface area contributed by atoms with Crippen LogP contribution >= 0.6 is 11.3 Å². The zero-order chi connectivity index (χ0) is 20.2. The summed E-state index contributed by atoms with van der Waals surface area (Å²) in [4.78, 5) is 24.5. The van der Waals surface area contributed by atoms with Gasteiger partial charge in [-0.3, -0.25) is 14.9 Å². The normalized spacial score (nSPS) is 16.0. The van der Waals surface area contributed by atoms with Crippen LogP contribution in [0.25, 0.3) is 11.3 Å². The van der Waals surface area contributed by atoms with E-state index < -0.39 is 5.91 Å². The molecule has 1 amide bonds. The number of methoxy groups -OCH3 is 1. The molecule has 1 N–H and O–H groups in total. The molecule has 1 aliphatic heterocycles. The molecule has 1 saturated heterocycles. The van der Waals surface area contributed by atoms with Gasteiger partial charge in [0, 0.05) is 18.2 Å². The SMILES string of the molecule is COc1ccc(-c2ccc(=O)n(CC(=O)Nc3nnc([C@H]4CCCO4)s3)n2)cc1. The van der Waals surface area contributed by atoms with E-state index in [-0.39, 0.29) is 18.2 Å². The second-order valence-corrected chi connectivity index (χ2v) is 7.45. The Morgan fingerprint density at radius 1 is 1.28 bits per heavy atom. The molecule has 0 saturated carbocycles. The summed E-state index contributed by atoms with van der Waals surface area (Å²) in [7, 11) is 1.59. The second-order valence-electron chi connectivity index (χ2n) is 6.44. The Balaban J connectivity index is 1.45. The van der Waals surface area contributed by atoms with Crippen molar-refractivity contribution in [2.75, 3.05) is 19.0 Å². The quantitative estimate of drug-likeness (QED) is 0.660. The Morgan fingerprint density at radius 2 is 2.10 bits per heavy atom. The molecular formula is C19H19N5O4S. The summed E-state index contributed by atoms with van der Waals surface area (Å²) in [6.07, 6.45) is 1.84. The molecular weight excluding hydrogens is 394 g/mol. The maximum Gasteiger partial charge on any atom is 0.267 e. The van der Waals surface area contributed by atoms with Crippen LogP contribution in [0, 0.1) is 0 Å². The van der Waals surface area contributed by atoms with Gasteiger partial charge in [0.2, 0.25) is 11.0 Å². The number of nitrogens with one attached hydrogen (secondary N) is 1. The lowest BCUT2D eigenvalue weighted by Gasteiger charge is -2.07. The van der Waals surface area contributed by atoms with Crippen molar-refractivity contribution in [3.05, 3.63) is 51.8 Å². The molecule has 0 bridgehead atoms. The van der Waals surface area contributed by atoms with Crippen LogP contribution in [0.2, 0.25) is 0 Å². The number of amides is 1. The van der Waals surface area contributed by atoms with Crippen LogP contribution in [-0.4, -0.2) is 39.6 Å². The standard InChI is InChI=1S/C19H19N5O4S/c1-27-13-6-4-12(5-7-13)14-8-9-17(26)24(23-14)11-16(25)20-19-22-21-18(29-19)15-3-2-10-28-15/h4-9,15H,2-3,10-11H2,1H3,(H,20,22,25)/t15-/m1/s1. The van der Waals surface area contributed by atoms with E-state index in [0.29, 0.717) is 17.4 Å². The predicted octanol–water partition coefficient (Wildman–Crippen LogP) is 2.26. The summed E-state index contributed by atoms with van der Waals surface area (Å²) < 4.78 is 11.8. The first kappa shape index (κ1) is 19.2. The Hall–Kier alpha value is -3.11. The summed E-state index contributed by atoms with van der Waals surface area (Å²) in [5.41, 5.74) is 1.02. The molecule has 1 aromatic carbocycles. The minimum Gasteiger partial charge on any atom is -0.497 e. The summed E-state index contributed by atoms with van der Waals surface area (Å²) in [6.45, 7) is 0.489. The van der Waals surface area contributed by atoms with Gasteiger partial charge in [-0.15, -0.1) is 10.2 Å². The van der Waals surface area contributed by atoms with E-state index in [2.05, 4.69) is 20.6 Å². The van der Waals surface area contributed by atoms with E-state index in [1.54, 1.807) is 25.3 Å². The van der Waals surface area contributed by atoms with Gasteiger partial charge in [0.15, 0.2) is 0 Å². The van der Waals surface area contributed by atoms with Crippen molar-refractivity contribution >= 4 is 22.4 Å². The zero-order valence-electron chi connectivity index (χ0n) is 15.7. The lowest BCUT2D eigenvalue weighted by molar-refractivity contribution is -0.117. The van der Waals surface area contributed by atoms with Crippen molar-refractivity contribution < 1.29 is 14.3 Å². The first-order valence-corrected chi connectivity index (χ1v) is 9.91. The van der Waals surface area contributed by atoms with E-state index >= 15 is 0 Å². The molecule has 3 heterocycles. The molecule has 3 aromatic rings. The average molecular weight is 413 g/mol. The molecule has 1 atom stereocenters. The third kappa shape index (κ3) is 4.49. The smallest absolute Gasteiger partial charge is 0.267 e. The molecule has 0 radical (unpaired) electrons. The van der Waals surface area contributed by atoms with Crippen molar-refractivity contribution in [1.29, 1.82) is 0 Å². The highest BCUT2D eigenvalue weighted by Gasteiger charge is 2.22. The number of ether oxygens (including phenoxy) is 2. The largest absolute Gasteiger partial charge is 0.497 e. The molecule has 29 heavy (non-hydrogen) atoms. The number of anilines is 1. The second kappa shape index (κ2) is 8.50. The van der Waals surface area contributed by atoms with Crippen LogP contribution in [0.3, 0.4) is 0 Å². The van der Waals surface area contributed by atoms with Gasteiger partial charge in [-0.1, -0.05) is 11.3 Å². The minimum atomic E-state index is -0.401. The van der Waals surface area contributed by atoms with Gasteiger partial charge in [-0.05, 0) is 43.2 Å². The van der Waals surface area contributed by atoms with Crippen molar-refractivity contribution in [2.24, 2.45) is 0 Å². The topological polar surface area (TPSA) is 108 Å². The van der Waals surface area contributed by atoms with Gasteiger partial charge in [-0.25, -0.2) is 4.68 Å². The molecule has 0 unspecified atom stereocenters. The van der Waals surface area contributed by atoms with E-state index in [0.717, 1.165) is 33.8 Å². The summed E-state index contributed by atoms with van der Waals surface area (Å²) in [5.74, 6) is 0.322. The van der Waals surface area contributed by atoms with Crippen molar-refractivity contribution in [2.45, 2.75) is 25.5 Å². The first-order chi connectivity index (χ1) is 14.1. The lowest BCUT2D eigenvalue weighted by atomic mass is 10.1. The minimum absolute atomic E-state index is 0.0522. The Kier molecular flexibility index (Phi) is 5.63. The molecule has 2 aromatic heterocycles. The number of benzene rings is 1. The van der Waals surface area contributed by atoms with E-state index in [9.17, 15) is 9.59 Å². The highest BCUT2D eigenvalue weighted by molar-refractivity contribution is 7.15. The van der Waals surface area contributed by atoms with Gasteiger partial charge in [0.25, 0.3) is 5.56 Å². The van der Waals surface area contributed by atoms with Crippen molar-refractivity contribution in [3.8, 4) is 17.0 Å². The van der Waals surface area contributed by atoms with E-state index in [1.165, 1.54) is 17.4 Å². The number of carbonyl (C=O) groups is 1. The number of hydrogen-bond donors (Lipinski definition) is 1. The van der Waals surface area contributed by atoms with Crippen LogP contribution < -0.4 is 15.6 Å². The molecule has 4 rings (SSSR count).